The fourth-order valence-electron chi connectivity index (χ4n) is 4.70. The van der Waals surface area contributed by atoms with E-state index in [9.17, 15) is 13.2 Å². The van der Waals surface area contributed by atoms with Crippen LogP contribution in [0.1, 0.15) is 28.4 Å². The number of ketones is 1. The zero-order chi connectivity index (χ0) is 28.8. The highest BCUT2D eigenvalue weighted by Crippen LogP contribution is 2.33. The van der Waals surface area contributed by atoms with Gasteiger partial charge in [0.2, 0.25) is 10.0 Å². The van der Waals surface area contributed by atoms with Gasteiger partial charge in [-0.25, -0.2) is 13.6 Å². The first kappa shape index (κ1) is 28.4. The highest BCUT2D eigenvalue weighted by molar-refractivity contribution is 7.89. The highest BCUT2D eigenvalue weighted by Gasteiger charge is 2.31. The fraction of sp³-hybridized carbons (Fsp3) is 0.219. The summed E-state index contributed by atoms with van der Waals surface area (Å²) in [6.45, 7) is 2.99. The summed E-state index contributed by atoms with van der Waals surface area (Å²) >= 11 is 0. The number of primary sulfonamides is 1. The number of carbonyl (C=O) groups excluding carboxylic acids is 1. The molecule has 9 heteroatoms. The first-order valence-corrected chi connectivity index (χ1v) is 14.9. The molecule has 0 saturated heterocycles. The third-order valence-electron chi connectivity index (χ3n) is 7.03. The van der Waals surface area contributed by atoms with E-state index in [1.807, 2.05) is 96.8 Å². The largest absolute Gasteiger partial charge is 0.487 e. The summed E-state index contributed by atoms with van der Waals surface area (Å²) in [5, 5.41) is 5.52. The Hall–Kier alpha value is -4.18. The Balaban J connectivity index is 1.37. The van der Waals surface area contributed by atoms with Crippen LogP contribution in [0.15, 0.2) is 108 Å². The maximum absolute atomic E-state index is 13.6. The zero-order valence-electron chi connectivity index (χ0n) is 22.7. The van der Waals surface area contributed by atoms with Crippen LogP contribution in [0.4, 0.5) is 0 Å². The van der Waals surface area contributed by atoms with Crippen molar-refractivity contribution in [3.8, 4) is 17.2 Å². The second-order valence-electron chi connectivity index (χ2n) is 9.95. The van der Waals surface area contributed by atoms with E-state index in [4.69, 9.17) is 19.3 Å². The molecule has 0 radical (unpaired) electrons. The maximum atomic E-state index is 13.6. The predicted octanol–water partition coefficient (Wildman–Crippen LogP) is 4.83. The minimum absolute atomic E-state index is 0.0197. The molecule has 0 spiro atoms. The molecule has 5 rings (SSSR count). The molecule has 0 fully saturated rings. The van der Waals surface area contributed by atoms with Crippen LogP contribution in [0.25, 0.3) is 0 Å². The van der Waals surface area contributed by atoms with Gasteiger partial charge in [0.1, 0.15) is 30.0 Å². The van der Waals surface area contributed by atoms with Crippen molar-refractivity contribution in [2.75, 3.05) is 13.2 Å². The van der Waals surface area contributed by atoms with Gasteiger partial charge in [0.15, 0.2) is 17.3 Å². The molecule has 0 amide bonds. The Morgan fingerprint density at radius 3 is 2.24 bits per heavy atom. The van der Waals surface area contributed by atoms with Gasteiger partial charge in [-0.3, -0.25) is 9.69 Å². The molecule has 212 valence electrons. The number of sulfonamides is 1. The quantitative estimate of drug-likeness (QED) is 0.257. The van der Waals surface area contributed by atoms with Crippen molar-refractivity contribution in [2.24, 2.45) is 5.14 Å². The molecule has 4 aromatic rings. The van der Waals surface area contributed by atoms with Gasteiger partial charge in [-0.2, -0.15) is 0 Å². The monoisotopic (exact) mass is 572 g/mol. The number of fused-ring (bicyclic) bond motifs is 1. The van der Waals surface area contributed by atoms with Gasteiger partial charge in [0.25, 0.3) is 0 Å². The van der Waals surface area contributed by atoms with E-state index >= 15 is 0 Å². The molecule has 0 saturated carbocycles. The molecule has 41 heavy (non-hydrogen) atoms. The van der Waals surface area contributed by atoms with Crippen molar-refractivity contribution in [1.29, 1.82) is 0 Å². The molecule has 1 aliphatic rings. The lowest BCUT2D eigenvalue weighted by atomic mass is 10.1. The summed E-state index contributed by atoms with van der Waals surface area (Å²) in [6, 6.07) is 30.8. The number of nitrogens with zero attached hydrogens (tertiary/aromatic N) is 1. The van der Waals surface area contributed by atoms with E-state index in [-0.39, 0.29) is 47.3 Å². The van der Waals surface area contributed by atoms with Gasteiger partial charge in [-0.1, -0.05) is 72.8 Å². The fourth-order valence-corrected chi connectivity index (χ4v) is 5.40. The summed E-state index contributed by atoms with van der Waals surface area (Å²) in [6.07, 6.45) is -0.324. The van der Waals surface area contributed by atoms with Crippen molar-refractivity contribution in [2.45, 2.75) is 37.1 Å². The summed E-state index contributed by atoms with van der Waals surface area (Å²) in [5.41, 5.74) is 2.12. The zero-order valence-corrected chi connectivity index (χ0v) is 23.5. The normalized spacial score (nSPS) is 15.3. The average molecular weight is 573 g/mol. The smallest absolute Gasteiger partial charge is 0.241 e. The number of ether oxygens (including phenoxy) is 3. The molecule has 1 aliphatic heterocycles. The number of Topliss-reactive ketones (excluding diaryl/α,β-unsaturated/α-hetero) is 1. The average Bonchev–Trinajstić information content (AvgIpc) is 2.99. The Labute approximate surface area is 240 Å². The number of benzene rings is 4. The van der Waals surface area contributed by atoms with Crippen molar-refractivity contribution in [3.63, 3.8) is 0 Å². The first-order chi connectivity index (χ1) is 19.8. The van der Waals surface area contributed by atoms with Crippen LogP contribution in [-0.2, 0) is 23.2 Å². The lowest BCUT2D eigenvalue weighted by Crippen LogP contribution is -2.49. The molecule has 0 aromatic heterocycles. The van der Waals surface area contributed by atoms with E-state index in [1.54, 1.807) is 6.07 Å². The number of nitrogens with two attached hydrogens (primary N) is 1. The lowest BCUT2D eigenvalue weighted by Gasteiger charge is -2.36. The van der Waals surface area contributed by atoms with Gasteiger partial charge in [-0.15, -0.1) is 0 Å². The standard InChI is InChI=1S/C32H32N2O6S/c1-23(31-22-39-28-14-8-9-15-29(28)40-31)34(19-24-10-4-2-5-11-24)20-27(35)26-16-17-30(32(18-26)41(33,36)37)38-21-25-12-6-3-7-13-25/h2-18,23,31H,19-22H2,1H3,(H2,33,36,37). The molecule has 4 aromatic carbocycles. The Morgan fingerprint density at radius 1 is 0.927 bits per heavy atom. The molecule has 8 nitrogen and oxygen atoms in total. The summed E-state index contributed by atoms with van der Waals surface area (Å²) in [7, 11) is -4.16. The second kappa shape index (κ2) is 12.6. The summed E-state index contributed by atoms with van der Waals surface area (Å²) in [5.74, 6) is 1.18. The Morgan fingerprint density at radius 2 is 1.56 bits per heavy atom. The predicted molar refractivity (Wildman–Crippen MR) is 156 cm³/mol. The van der Waals surface area contributed by atoms with Crippen LogP contribution in [0, 0.1) is 0 Å². The SMILES string of the molecule is CC(C1COc2ccccc2O1)N(CC(=O)c1ccc(OCc2ccccc2)c(S(N)(=O)=O)c1)Cc1ccccc1. The van der Waals surface area contributed by atoms with E-state index in [1.165, 1.54) is 12.1 Å². The Bertz CT molecular complexity index is 1600. The number of hydrogen-bond donors (Lipinski definition) is 1. The molecule has 0 bridgehead atoms. The number of carbonyl (C=O) groups is 1. The second-order valence-corrected chi connectivity index (χ2v) is 11.5. The molecule has 0 aliphatic carbocycles. The van der Waals surface area contributed by atoms with E-state index in [2.05, 4.69) is 0 Å². The minimum atomic E-state index is -4.16. The maximum Gasteiger partial charge on any atom is 0.241 e. The topological polar surface area (TPSA) is 108 Å². The van der Waals surface area contributed by atoms with Crippen LogP contribution in [0.2, 0.25) is 0 Å². The van der Waals surface area contributed by atoms with Crippen molar-refractivity contribution < 1.29 is 27.4 Å². The van der Waals surface area contributed by atoms with E-state index < -0.39 is 10.0 Å². The van der Waals surface area contributed by atoms with Crippen molar-refractivity contribution in [3.05, 3.63) is 120 Å². The first-order valence-electron chi connectivity index (χ1n) is 13.3. The number of hydrogen-bond acceptors (Lipinski definition) is 7. The molecule has 2 N–H and O–H groups in total. The van der Waals surface area contributed by atoms with Crippen molar-refractivity contribution >= 4 is 15.8 Å². The lowest BCUT2D eigenvalue weighted by molar-refractivity contribution is 0.0181. The van der Waals surface area contributed by atoms with Gasteiger partial charge in [0.05, 0.1) is 6.54 Å². The van der Waals surface area contributed by atoms with Crippen LogP contribution in [0.5, 0.6) is 17.2 Å². The van der Waals surface area contributed by atoms with Crippen LogP contribution in [0.3, 0.4) is 0 Å². The van der Waals surface area contributed by atoms with Gasteiger partial charge >= 0.3 is 0 Å². The minimum Gasteiger partial charge on any atom is -0.487 e. The number of para-hydroxylation sites is 2. The number of rotatable bonds is 11. The molecule has 1 heterocycles. The van der Waals surface area contributed by atoms with E-state index in [0.717, 1.165) is 11.1 Å². The van der Waals surface area contributed by atoms with Crippen molar-refractivity contribution in [1.82, 2.24) is 4.90 Å². The molecular formula is C32H32N2O6S. The Kier molecular flexibility index (Phi) is 8.68. The van der Waals surface area contributed by atoms with Gasteiger partial charge in [0, 0.05) is 18.2 Å². The molecule has 2 unspecified atom stereocenters. The summed E-state index contributed by atoms with van der Waals surface area (Å²) in [4.78, 5) is 15.4. The molecule has 2 atom stereocenters. The summed E-state index contributed by atoms with van der Waals surface area (Å²) < 4.78 is 42.9. The van der Waals surface area contributed by atoms with Gasteiger partial charge < -0.3 is 14.2 Å². The van der Waals surface area contributed by atoms with Gasteiger partial charge in [-0.05, 0) is 48.4 Å². The van der Waals surface area contributed by atoms with Crippen LogP contribution >= 0.6 is 0 Å². The molecular weight excluding hydrogens is 540 g/mol. The third kappa shape index (κ3) is 7.13. The van der Waals surface area contributed by atoms with Crippen LogP contribution < -0.4 is 19.3 Å². The van der Waals surface area contributed by atoms with Crippen LogP contribution in [-0.4, -0.2) is 44.4 Å². The third-order valence-corrected chi connectivity index (χ3v) is 7.96. The van der Waals surface area contributed by atoms with E-state index in [0.29, 0.717) is 24.7 Å². The highest BCUT2D eigenvalue weighted by atomic mass is 32.2.